The number of carbonyl (C=O) groups excluding carboxylic acids is 2. The van der Waals surface area contributed by atoms with Gasteiger partial charge in [0.05, 0.1) is 34.7 Å². The molecule has 188 valence electrons. The fraction of sp³-hybridized carbons (Fsp3) is 0.179. The minimum absolute atomic E-state index is 0.158. The summed E-state index contributed by atoms with van der Waals surface area (Å²) in [7, 11) is 1.53. The van der Waals surface area contributed by atoms with Crippen molar-refractivity contribution in [3.05, 3.63) is 92.3 Å². The van der Waals surface area contributed by atoms with Crippen molar-refractivity contribution in [1.29, 1.82) is 5.26 Å². The highest BCUT2D eigenvalue weighted by Crippen LogP contribution is 2.39. The number of aryl methyl sites for hydroxylation is 1. The highest BCUT2D eigenvalue weighted by molar-refractivity contribution is 9.10. The third-order valence-electron chi connectivity index (χ3n) is 5.49. The average molecular weight is 579 g/mol. The van der Waals surface area contributed by atoms with Gasteiger partial charge in [-0.25, -0.2) is 0 Å². The minimum atomic E-state index is -0.362. The molecular formula is C28H23BrN2O5S. The molecule has 1 aliphatic rings. The van der Waals surface area contributed by atoms with Crippen LogP contribution in [0.5, 0.6) is 17.2 Å². The largest absolute Gasteiger partial charge is 0.493 e. The van der Waals surface area contributed by atoms with E-state index in [0.29, 0.717) is 37.8 Å². The maximum atomic E-state index is 12.9. The number of thioether (sulfide) groups is 1. The summed E-state index contributed by atoms with van der Waals surface area (Å²) in [6.07, 6.45) is 1.66. The number of nitriles is 1. The first-order valence-electron chi connectivity index (χ1n) is 11.3. The second-order valence-electron chi connectivity index (χ2n) is 8.13. The normalized spacial score (nSPS) is 14.1. The summed E-state index contributed by atoms with van der Waals surface area (Å²) in [6.45, 7) is 2.64. The molecule has 1 saturated heterocycles. The van der Waals surface area contributed by atoms with E-state index in [1.807, 2.05) is 43.3 Å². The second-order valence-corrected chi connectivity index (χ2v) is 9.97. The van der Waals surface area contributed by atoms with Gasteiger partial charge >= 0.3 is 0 Å². The van der Waals surface area contributed by atoms with Crippen LogP contribution in [0.3, 0.4) is 0 Å². The molecule has 0 aromatic heterocycles. The van der Waals surface area contributed by atoms with E-state index in [2.05, 4.69) is 22.0 Å². The molecule has 1 aliphatic heterocycles. The Morgan fingerprint density at radius 3 is 2.46 bits per heavy atom. The highest BCUT2D eigenvalue weighted by Gasteiger charge is 2.35. The van der Waals surface area contributed by atoms with Gasteiger partial charge in [-0.2, -0.15) is 5.26 Å². The lowest BCUT2D eigenvalue weighted by Gasteiger charge is -2.14. The van der Waals surface area contributed by atoms with Gasteiger partial charge in [0.25, 0.3) is 11.1 Å². The molecule has 0 aliphatic carbocycles. The van der Waals surface area contributed by atoms with Gasteiger partial charge in [-0.05, 0) is 88.2 Å². The Morgan fingerprint density at radius 1 is 1.05 bits per heavy atom. The summed E-state index contributed by atoms with van der Waals surface area (Å²) in [6, 6.07) is 20.3. The number of imide groups is 1. The number of hydrogen-bond donors (Lipinski definition) is 0. The minimum Gasteiger partial charge on any atom is -0.493 e. The Labute approximate surface area is 227 Å². The van der Waals surface area contributed by atoms with E-state index >= 15 is 0 Å². The first kappa shape index (κ1) is 26.3. The molecule has 3 aromatic rings. The van der Waals surface area contributed by atoms with Crippen LogP contribution in [0.1, 0.15) is 22.3 Å². The Hall–Kier alpha value is -3.74. The van der Waals surface area contributed by atoms with E-state index in [9.17, 15) is 9.59 Å². The molecule has 3 aromatic carbocycles. The topological polar surface area (TPSA) is 88.9 Å². The molecule has 0 radical (unpaired) electrons. The van der Waals surface area contributed by atoms with Gasteiger partial charge in [-0.1, -0.05) is 29.8 Å². The summed E-state index contributed by atoms with van der Waals surface area (Å²) in [5.74, 6) is 1.30. The number of carbonyl (C=O) groups is 2. The smallest absolute Gasteiger partial charge is 0.293 e. The van der Waals surface area contributed by atoms with Crippen molar-refractivity contribution in [2.45, 2.75) is 13.5 Å². The molecule has 2 amide bonds. The average Bonchev–Trinajstić information content (AvgIpc) is 3.16. The fourth-order valence-corrected chi connectivity index (χ4v) is 4.97. The van der Waals surface area contributed by atoms with Crippen LogP contribution in [0, 0.1) is 18.3 Å². The number of ether oxygens (including phenoxy) is 3. The van der Waals surface area contributed by atoms with Crippen molar-refractivity contribution in [2.24, 2.45) is 0 Å². The SMILES string of the molecule is COc1cc(/C=C2\SC(=O)N(CCOc3ccc(C)cc3)C2=O)cc(Br)c1OCc1ccc(C#N)cc1. The molecule has 4 rings (SSSR count). The van der Waals surface area contributed by atoms with Crippen LogP contribution in [0.2, 0.25) is 0 Å². The van der Waals surface area contributed by atoms with Crippen LogP contribution in [0.25, 0.3) is 6.08 Å². The van der Waals surface area contributed by atoms with E-state index in [-0.39, 0.29) is 30.9 Å². The van der Waals surface area contributed by atoms with E-state index in [0.717, 1.165) is 22.9 Å². The zero-order valence-corrected chi connectivity index (χ0v) is 22.6. The van der Waals surface area contributed by atoms with Gasteiger partial charge in [0.1, 0.15) is 19.0 Å². The van der Waals surface area contributed by atoms with Crippen molar-refractivity contribution >= 4 is 44.9 Å². The molecule has 0 atom stereocenters. The summed E-state index contributed by atoms with van der Waals surface area (Å²) in [4.78, 5) is 26.9. The summed E-state index contributed by atoms with van der Waals surface area (Å²) in [5, 5.41) is 8.61. The lowest BCUT2D eigenvalue weighted by Crippen LogP contribution is -2.32. The Balaban J connectivity index is 1.42. The van der Waals surface area contributed by atoms with Crippen LogP contribution in [-0.4, -0.2) is 36.3 Å². The number of benzene rings is 3. The van der Waals surface area contributed by atoms with Gasteiger partial charge in [0.15, 0.2) is 11.5 Å². The molecule has 0 spiro atoms. The number of methoxy groups -OCH3 is 1. The third-order valence-corrected chi connectivity index (χ3v) is 6.99. The van der Waals surface area contributed by atoms with Gasteiger partial charge in [0, 0.05) is 0 Å². The number of hydrogen-bond acceptors (Lipinski definition) is 7. The van der Waals surface area contributed by atoms with Crippen molar-refractivity contribution in [3.63, 3.8) is 0 Å². The lowest BCUT2D eigenvalue weighted by atomic mass is 10.1. The molecule has 0 bridgehead atoms. The molecule has 0 N–H and O–H groups in total. The van der Waals surface area contributed by atoms with Gasteiger partial charge in [0.2, 0.25) is 0 Å². The Bertz CT molecular complexity index is 1380. The molecule has 1 fully saturated rings. The number of rotatable bonds is 9. The number of amides is 2. The van der Waals surface area contributed by atoms with Gasteiger partial charge < -0.3 is 14.2 Å². The van der Waals surface area contributed by atoms with Crippen LogP contribution < -0.4 is 14.2 Å². The monoisotopic (exact) mass is 578 g/mol. The molecule has 9 heteroatoms. The van der Waals surface area contributed by atoms with Crippen LogP contribution in [0.4, 0.5) is 4.79 Å². The zero-order valence-electron chi connectivity index (χ0n) is 20.2. The van der Waals surface area contributed by atoms with E-state index in [4.69, 9.17) is 19.5 Å². The van der Waals surface area contributed by atoms with Crippen molar-refractivity contribution < 1.29 is 23.8 Å². The second kappa shape index (κ2) is 12.0. The molecular weight excluding hydrogens is 556 g/mol. The van der Waals surface area contributed by atoms with E-state index in [1.54, 1.807) is 30.3 Å². The number of nitrogens with zero attached hydrogens (tertiary/aromatic N) is 2. The predicted molar refractivity (Wildman–Crippen MR) is 146 cm³/mol. The van der Waals surface area contributed by atoms with E-state index < -0.39 is 0 Å². The fourth-order valence-electron chi connectivity index (χ4n) is 3.53. The van der Waals surface area contributed by atoms with Crippen LogP contribution in [0.15, 0.2) is 70.0 Å². The first-order valence-corrected chi connectivity index (χ1v) is 12.9. The van der Waals surface area contributed by atoms with E-state index in [1.165, 1.54) is 12.0 Å². The quantitative estimate of drug-likeness (QED) is 0.274. The first-order chi connectivity index (χ1) is 17.9. The lowest BCUT2D eigenvalue weighted by molar-refractivity contribution is -0.123. The van der Waals surface area contributed by atoms with Crippen LogP contribution in [-0.2, 0) is 11.4 Å². The maximum Gasteiger partial charge on any atom is 0.293 e. The summed E-state index contributed by atoms with van der Waals surface area (Å²) in [5.41, 5.74) is 3.28. The predicted octanol–water partition coefficient (Wildman–Crippen LogP) is 6.33. The molecule has 0 saturated carbocycles. The summed E-state index contributed by atoms with van der Waals surface area (Å²) >= 11 is 4.41. The van der Waals surface area contributed by atoms with Crippen molar-refractivity contribution in [2.75, 3.05) is 20.3 Å². The third kappa shape index (κ3) is 6.53. The van der Waals surface area contributed by atoms with Crippen LogP contribution >= 0.6 is 27.7 Å². The maximum absolute atomic E-state index is 12.9. The summed E-state index contributed by atoms with van der Waals surface area (Å²) < 4.78 is 17.8. The highest BCUT2D eigenvalue weighted by atomic mass is 79.9. The van der Waals surface area contributed by atoms with Gasteiger partial charge in [-0.3, -0.25) is 14.5 Å². The molecule has 1 heterocycles. The van der Waals surface area contributed by atoms with Crippen molar-refractivity contribution in [3.8, 4) is 23.3 Å². The standard InChI is InChI=1S/C28H23BrN2O5S/c1-18-3-9-22(10-4-18)35-12-11-31-27(32)25(37-28(31)33)15-21-13-23(29)26(24(14-21)34-2)36-17-20-7-5-19(16-30)6-8-20/h3-10,13-15H,11-12,17H2,1-2H3/b25-15-. The molecule has 37 heavy (non-hydrogen) atoms. The molecule has 0 unspecified atom stereocenters. The Morgan fingerprint density at radius 2 is 1.78 bits per heavy atom. The Kier molecular flexibility index (Phi) is 8.54. The molecule has 7 nitrogen and oxygen atoms in total. The van der Waals surface area contributed by atoms with Crippen molar-refractivity contribution in [1.82, 2.24) is 4.90 Å². The zero-order chi connectivity index (χ0) is 26.4. The number of halogens is 1. The van der Waals surface area contributed by atoms with Gasteiger partial charge in [-0.15, -0.1) is 0 Å².